The molecule has 0 bridgehead atoms. The minimum absolute atomic E-state index is 0.0258. The standard InChI is InChI=1S/C26H28FN5OS/c1-5-15(2)17(4)21(11-28)19-7-9-24-29-13-23(32(24)14-19)18-6-8-20(22(27)10-18)25(33)31-26-30-12-16(3)34-26/h6-15,17H,5,28H2,1-4H3,(H,30,31,33)/p+2. The Bertz CT molecular complexity index is 1370. The minimum atomic E-state index is -0.564. The molecule has 2 atom stereocenters. The maximum Gasteiger partial charge on any atom is 0.352 e. The number of amides is 1. The minimum Gasteiger partial charge on any atom is -0.404 e. The molecule has 0 spiro atoms. The van der Waals surface area contributed by atoms with Gasteiger partial charge in [0.05, 0.1) is 0 Å². The molecule has 2 unspecified atom stereocenters. The fourth-order valence-corrected chi connectivity index (χ4v) is 4.80. The number of halogens is 1. The van der Waals surface area contributed by atoms with Crippen LogP contribution in [-0.2, 0) is 0 Å². The first-order valence-corrected chi connectivity index (χ1v) is 12.2. The smallest absolute Gasteiger partial charge is 0.352 e. The first kappa shape index (κ1) is 23.8. The Morgan fingerprint density at radius 1 is 1.32 bits per heavy atom. The zero-order valence-electron chi connectivity index (χ0n) is 19.8. The second-order valence-corrected chi connectivity index (χ2v) is 9.92. The molecule has 0 fully saturated rings. The van der Waals surface area contributed by atoms with Crippen molar-refractivity contribution in [3.05, 3.63) is 76.9 Å². The fourth-order valence-electron chi connectivity index (χ4n) is 4.10. The molecule has 0 aliphatic carbocycles. The number of H-pyrrole nitrogens is 1. The molecule has 8 heteroatoms. The van der Waals surface area contributed by atoms with E-state index in [-0.39, 0.29) is 5.56 Å². The van der Waals surface area contributed by atoms with E-state index in [1.807, 2.05) is 35.9 Å². The lowest BCUT2D eigenvalue weighted by Gasteiger charge is -2.21. The van der Waals surface area contributed by atoms with Crippen molar-refractivity contribution in [1.82, 2.24) is 9.97 Å². The maximum atomic E-state index is 15.0. The summed E-state index contributed by atoms with van der Waals surface area (Å²) in [5.41, 5.74) is 10.5. The first-order valence-electron chi connectivity index (χ1n) is 11.4. The van der Waals surface area contributed by atoms with Crippen molar-refractivity contribution in [3.8, 4) is 11.3 Å². The topological polar surface area (TPSA) is 92.5 Å². The van der Waals surface area contributed by atoms with E-state index < -0.39 is 11.7 Å². The predicted octanol–water partition coefficient (Wildman–Crippen LogP) is 4.34. The molecule has 0 aliphatic rings. The number of benzene rings is 1. The quantitative estimate of drug-likeness (QED) is 0.344. The SMILES string of the molecule is CCC(C)C(C)C(=CN)c1ccc2[nH]cc(-c3ccc(C(=O)[NH2+]c4ncc(C)s4)c(F)c3)[n+]2c1. The van der Waals surface area contributed by atoms with Gasteiger partial charge in [-0.1, -0.05) is 38.5 Å². The zero-order valence-corrected chi connectivity index (χ0v) is 20.6. The Kier molecular flexibility index (Phi) is 6.90. The summed E-state index contributed by atoms with van der Waals surface area (Å²) in [6.45, 7) is 8.50. The summed E-state index contributed by atoms with van der Waals surface area (Å²) in [5, 5.41) is 1.95. The lowest BCUT2D eigenvalue weighted by Crippen LogP contribution is -2.82. The van der Waals surface area contributed by atoms with Crippen LogP contribution in [0.4, 0.5) is 9.52 Å². The van der Waals surface area contributed by atoms with Gasteiger partial charge in [-0.05, 0) is 54.8 Å². The third-order valence-electron chi connectivity index (χ3n) is 6.49. The highest BCUT2D eigenvalue weighted by molar-refractivity contribution is 7.14. The molecule has 0 radical (unpaired) electrons. The molecule has 0 saturated carbocycles. The summed E-state index contributed by atoms with van der Waals surface area (Å²) < 4.78 is 17.0. The van der Waals surface area contributed by atoms with E-state index >= 15 is 0 Å². The van der Waals surface area contributed by atoms with Crippen molar-refractivity contribution < 1.29 is 18.9 Å². The van der Waals surface area contributed by atoms with Crippen LogP contribution < -0.4 is 15.5 Å². The second kappa shape index (κ2) is 9.87. The van der Waals surface area contributed by atoms with E-state index in [4.69, 9.17) is 5.73 Å². The number of allylic oxidation sites excluding steroid dienone is 1. The molecule has 1 amide bonds. The average Bonchev–Trinajstić information content (AvgIpc) is 3.44. The first-order chi connectivity index (χ1) is 16.3. The fraction of sp³-hybridized carbons (Fsp3) is 0.269. The van der Waals surface area contributed by atoms with Crippen molar-refractivity contribution >= 4 is 33.6 Å². The average molecular weight is 480 g/mol. The maximum absolute atomic E-state index is 15.0. The van der Waals surface area contributed by atoms with Gasteiger partial charge in [0, 0.05) is 28.3 Å². The Hall–Kier alpha value is -3.36. The van der Waals surface area contributed by atoms with Crippen LogP contribution in [0.3, 0.4) is 0 Å². The number of pyridine rings is 1. The second-order valence-electron chi connectivity index (χ2n) is 8.66. The number of primary amides is 1. The molecule has 4 aromatic rings. The number of aromatic nitrogens is 3. The van der Waals surface area contributed by atoms with Crippen LogP contribution in [-0.4, -0.2) is 15.9 Å². The van der Waals surface area contributed by atoms with Crippen molar-refractivity contribution in [3.63, 3.8) is 0 Å². The van der Waals surface area contributed by atoms with Gasteiger partial charge in [-0.3, -0.25) is 0 Å². The summed E-state index contributed by atoms with van der Waals surface area (Å²) in [6, 6.07) is 8.74. The molecule has 176 valence electrons. The van der Waals surface area contributed by atoms with Gasteiger partial charge >= 0.3 is 5.91 Å². The van der Waals surface area contributed by atoms with E-state index in [0.717, 1.165) is 33.8 Å². The van der Waals surface area contributed by atoms with Crippen LogP contribution in [0.1, 0.15) is 48.0 Å². The van der Waals surface area contributed by atoms with Gasteiger partial charge in [-0.15, -0.1) is 0 Å². The molecule has 34 heavy (non-hydrogen) atoms. The Morgan fingerprint density at radius 2 is 2.12 bits per heavy atom. The van der Waals surface area contributed by atoms with Crippen LogP contribution in [0.5, 0.6) is 0 Å². The number of nitrogens with two attached hydrogens (primary N) is 2. The number of rotatable bonds is 7. The lowest BCUT2D eigenvalue weighted by atomic mass is 9.84. The summed E-state index contributed by atoms with van der Waals surface area (Å²) in [7, 11) is 0. The molecule has 4 rings (SSSR count). The van der Waals surface area contributed by atoms with E-state index in [0.29, 0.717) is 22.5 Å². The summed E-state index contributed by atoms with van der Waals surface area (Å²) in [5.74, 6) is -0.170. The molecule has 0 saturated heterocycles. The van der Waals surface area contributed by atoms with E-state index in [1.165, 1.54) is 28.8 Å². The number of quaternary nitrogens is 1. The number of nitrogens with zero attached hydrogens (tertiary/aromatic N) is 2. The number of hydrogen-bond acceptors (Lipinski definition) is 4. The molecule has 1 aromatic carbocycles. The largest absolute Gasteiger partial charge is 0.404 e. The van der Waals surface area contributed by atoms with Crippen molar-refractivity contribution in [2.24, 2.45) is 17.6 Å². The van der Waals surface area contributed by atoms with Gasteiger partial charge in [0.15, 0.2) is 5.69 Å². The van der Waals surface area contributed by atoms with Gasteiger partial charge in [-0.25, -0.2) is 19.5 Å². The number of imidazole rings is 1. The van der Waals surface area contributed by atoms with E-state index in [9.17, 15) is 9.18 Å². The highest BCUT2D eigenvalue weighted by Crippen LogP contribution is 2.30. The van der Waals surface area contributed by atoms with Crippen LogP contribution in [0, 0.1) is 24.6 Å². The number of fused-ring (bicyclic) bond motifs is 1. The van der Waals surface area contributed by atoms with Crippen LogP contribution >= 0.6 is 11.3 Å². The van der Waals surface area contributed by atoms with Crippen molar-refractivity contribution in [1.29, 1.82) is 0 Å². The number of aromatic amines is 1. The van der Waals surface area contributed by atoms with Crippen molar-refractivity contribution in [2.75, 3.05) is 0 Å². The monoisotopic (exact) mass is 479 g/mol. The molecular weight excluding hydrogens is 449 g/mol. The molecule has 3 heterocycles. The number of hydrogen-bond donors (Lipinski definition) is 3. The van der Waals surface area contributed by atoms with Crippen molar-refractivity contribution in [2.45, 2.75) is 34.1 Å². The van der Waals surface area contributed by atoms with Gasteiger partial charge in [-0.2, -0.15) is 9.38 Å². The van der Waals surface area contributed by atoms with Crippen LogP contribution in [0.15, 0.2) is 55.1 Å². The van der Waals surface area contributed by atoms with E-state index in [1.54, 1.807) is 18.5 Å². The predicted molar refractivity (Wildman–Crippen MR) is 133 cm³/mol. The molecule has 3 aromatic heterocycles. The number of thiazole rings is 1. The Balaban J connectivity index is 1.66. The third kappa shape index (κ3) is 4.64. The van der Waals surface area contributed by atoms with Gasteiger partial charge in [0.25, 0.3) is 10.8 Å². The van der Waals surface area contributed by atoms with Crippen LogP contribution in [0.25, 0.3) is 22.5 Å². The lowest BCUT2D eigenvalue weighted by molar-refractivity contribution is -0.498. The number of nitrogens with one attached hydrogen (secondary N) is 1. The molecular formula is C26H30FN5OS+2. The number of carbonyl (C=O) groups excluding carboxylic acids is 1. The third-order valence-corrected chi connectivity index (χ3v) is 7.35. The van der Waals surface area contributed by atoms with Crippen LogP contribution in [0.2, 0.25) is 0 Å². The number of aryl methyl sites for hydroxylation is 1. The Labute approximate surface area is 202 Å². The Morgan fingerprint density at radius 3 is 2.76 bits per heavy atom. The normalized spacial score (nSPS) is 13.9. The van der Waals surface area contributed by atoms with Gasteiger partial charge < -0.3 is 5.73 Å². The molecule has 5 N–H and O–H groups in total. The van der Waals surface area contributed by atoms with Gasteiger partial charge in [0.2, 0.25) is 0 Å². The number of carbonyl (C=O) groups is 1. The highest BCUT2D eigenvalue weighted by Gasteiger charge is 2.23. The van der Waals surface area contributed by atoms with E-state index in [2.05, 4.69) is 30.7 Å². The zero-order chi connectivity index (χ0) is 24.4. The molecule has 6 nitrogen and oxygen atoms in total. The summed E-state index contributed by atoms with van der Waals surface area (Å²) in [6.07, 6.45) is 8.30. The molecule has 0 aliphatic heterocycles. The highest BCUT2D eigenvalue weighted by atomic mass is 32.1. The van der Waals surface area contributed by atoms with Gasteiger partial charge in [0.1, 0.15) is 23.8 Å². The summed E-state index contributed by atoms with van der Waals surface area (Å²) in [4.78, 5) is 21.0. The summed E-state index contributed by atoms with van der Waals surface area (Å²) >= 11 is 1.40.